The van der Waals surface area contributed by atoms with Crippen molar-refractivity contribution in [3.63, 3.8) is 0 Å². The number of primary amides is 1. The third-order valence-electron chi connectivity index (χ3n) is 2.75. The summed E-state index contributed by atoms with van der Waals surface area (Å²) in [5, 5.41) is 0.274. The monoisotopic (exact) mass is 311 g/mol. The Balaban J connectivity index is 3.19. The molecule has 0 saturated carbocycles. The Labute approximate surface area is 128 Å². The maximum Gasteiger partial charge on any atom is 0.255 e. The number of allylic oxidation sites excluding steroid dienone is 1. The van der Waals surface area contributed by atoms with Gasteiger partial charge < -0.3 is 15.2 Å². The predicted molar refractivity (Wildman–Crippen MR) is 81.6 cm³/mol. The van der Waals surface area contributed by atoms with Gasteiger partial charge in [0.15, 0.2) is 18.1 Å². The fourth-order valence-corrected chi connectivity index (χ4v) is 1.91. The fraction of sp³-hybridized carbons (Fsp3) is 0.333. The highest BCUT2D eigenvalue weighted by atomic mass is 35.5. The zero-order valence-corrected chi connectivity index (χ0v) is 12.9. The van der Waals surface area contributed by atoms with Gasteiger partial charge >= 0.3 is 0 Å². The van der Waals surface area contributed by atoms with E-state index in [1.807, 2.05) is 13.8 Å². The van der Waals surface area contributed by atoms with Gasteiger partial charge in [0, 0.05) is 0 Å². The maximum atomic E-state index is 11.0. The van der Waals surface area contributed by atoms with Gasteiger partial charge in [-0.3, -0.25) is 9.59 Å². The molecule has 1 rings (SSSR count). The van der Waals surface area contributed by atoms with Crippen LogP contribution in [-0.4, -0.2) is 25.9 Å². The molecule has 0 bridgehead atoms. The topological polar surface area (TPSA) is 78.6 Å². The van der Waals surface area contributed by atoms with Crippen molar-refractivity contribution >= 4 is 29.9 Å². The van der Waals surface area contributed by atoms with Crippen molar-refractivity contribution < 1.29 is 19.1 Å². The van der Waals surface area contributed by atoms with Gasteiger partial charge in [0.05, 0.1) is 12.1 Å². The zero-order valence-electron chi connectivity index (χ0n) is 12.2. The zero-order chi connectivity index (χ0) is 16.0. The lowest BCUT2D eigenvalue weighted by Crippen LogP contribution is -2.20. The predicted octanol–water partition coefficient (Wildman–Crippen LogP) is 2.45. The van der Waals surface area contributed by atoms with Crippen LogP contribution in [0.3, 0.4) is 0 Å². The van der Waals surface area contributed by atoms with Crippen molar-refractivity contribution in [3.05, 3.63) is 28.3 Å². The Morgan fingerprint density at radius 2 is 2.10 bits per heavy atom. The summed E-state index contributed by atoms with van der Waals surface area (Å²) >= 11 is 6.13. The molecule has 5 nitrogen and oxygen atoms in total. The lowest BCUT2D eigenvalue weighted by atomic mass is 10.0. The van der Waals surface area contributed by atoms with Crippen LogP contribution in [0.15, 0.2) is 17.7 Å². The number of methoxy groups -OCH3 is 1. The molecule has 6 heteroatoms. The highest BCUT2D eigenvalue weighted by molar-refractivity contribution is 6.32. The third-order valence-corrected chi connectivity index (χ3v) is 3.03. The molecule has 0 spiro atoms. The van der Waals surface area contributed by atoms with E-state index in [2.05, 4.69) is 0 Å². The van der Waals surface area contributed by atoms with E-state index in [9.17, 15) is 9.59 Å². The minimum Gasteiger partial charge on any atom is -0.493 e. The quantitative estimate of drug-likeness (QED) is 0.619. The molecule has 0 saturated heterocycles. The van der Waals surface area contributed by atoms with E-state index in [4.69, 9.17) is 26.8 Å². The Hall–Kier alpha value is -2.01. The van der Waals surface area contributed by atoms with Crippen LogP contribution in [0.1, 0.15) is 19.4 Å². The molecule has 0 aliphatic rings. The summed E-state index contributed by atoms with van der Waals surface area (Å²) in [6, 6.07) is 3.31. The summed E-state index contributed by atoms with van der Waals surface area (Å²) in [5.74, 6) is 0.0921. The second-order valence-corrected chi connectivity index (χ2v) is 5.11. The number of hydrogen-bond donors (Lipinski definition) is 1. The van der Waals surface area contributed by atoms with Crippen LogP contribution in [0.5, 0.6) is 11.5 Å². The molecule has 0 aromatic heterocycles. The Morgan fingerprint density at radius 1 is 1.43 bits per heavy atom. The Morgan fingerprint density at radius 3 is 2.57 bits per heavy atom. The lowest BCUT2D eigenvalue weighted by Gasteiger charge is -2.13. The summed E-state index contributed by atoms with van der Waals surface area (Å²) in [5.41, 5.74) is 6.38. The van der Waals surface area contributed by atoms with Crippen molar-refractivity contribution in [2.45, 2.75) is 13.8 Å². The molecule has 0 aliphatic carbocycles. The average molecular weight is 312 g/mol. The number of halogens is 1. The first kappa shape index (κ1) is 17.0. The van der Waals surface area contributed by atoms with E-state index < -0.39 is 5.91 Å². The van der Waals surface area contributed by atoms with E-state index in [1.165, 1.54) is 7.11 Å². The molecule has 1 aromatic carbocycles. The second-order valence-electron chi connectivity index (χ2n) is 4.71. The first-order chi connectivity index (χ1) is 9.88. The molecule has 0 aliphatic heterocycles. The number of benzene rings is 1. The number of aldehydes is 1. The summed E-state index contributed by atoms with van der Waals surface area (Å²) < 4.78 is 10.4. The minimum atomic E-state index is -0.611. The van der Waals surface area contributed by atoms with Gasteiger partial charge in [-0.15, -0.1) is 0 Å². The number of nitrogens with two attached hydrogens (primary N) is 1. The first-order valence-corrected chi connectivity index (χ1v) is 6.72. The largest absolute Gasteiger partial charge is 0.493 e. The normalized spacial score (nSPS) is 11.4. The van der Waals surface area contributed by atoms with Gasteiger partial charge in [-0.05, 0) is 35.3 Å². The van der Waals surface area contributed by atoms with Gasteiger partial charge in [0.2, 0.25) is 0 Å². The van der Waals surface area contributed by atoms with Crippen LogP contribution in [0, 0.1) is 5.92 Å². The summed E-state index contributed by atoms with van der Waals surface area (Å²) in [6.45, 7) is 3.55. The number of carbonyl (C=O) groups is 2. The van der Waals surface area contributed by atoms with Crippen LogP contribution < -0.4 is 15.2 Å². The Bertz CT molecular complexity index is 567. The van der Waals surface area contributed by atoms with Crippen molar-refractivity contribution in [2.75, 3.05) is 13.7 Å². The van der Waals surface area contributed by atoms with Crippen molar-refractivity contribution in [3.8, 4) is 11.5 Å². The fourth-order valence-electron chi connectivity index (χ4n) is 1.64. The van der Waals surface area contributed by atoms with Gasteiger partial charge in [-0.2, -0.15) is 0 Å². The molecule has 2 N–H and O–H groups in total. The van der Waals surface area contributed by atoms with Crippen LogP contribution in [0.2, 0.25) is 5.02 Å². The number of ether oxygens (including phenoxy) is 2. The lowest BCUT2D eigenvalue weighted by molar-refractivity contribution is -0.120. The van der Waals surface area contributed by atoms with E-state index in [-0.39, 0.29) is 23.3 Å². The molecular weight excluding hydrogens is 294 g/mol. The molecule has 0 unspecified atom stereocenters. The Kier molecular flexibility index (Phi) is 6.24. The van der Waals surface area contributed by atoms with Gasteiger partial charge in [0.25, 0.3) is 5.91 Å². The smallest absolute Gasteiger partial charge is 0.255 e. The van der Waals surface area contributed by atoms with E-state index in [0.717, 1.165) is 6.29 Å². The minimum absolute atomic E-state index is 0.0954. The second kappa shape index (κ2) is 7.69. The molecule has 114 valence electrons. The molecule has 1 aromatic rings. The highest BCUT2D eigenvalue weighted by Crippen LogP contribution is 2.37. The number of carbonyl (C=O) groups excluding carboxylic acids is 2. The third kappa shape index (κ3) is 4.79. The molecule has 0 fully saturated rings. The molecule has 0 heterocycles. The maximum absolute atomic E-state index is 11.0. The number of hydrogen-bond acceptors (Lipinski definition) is 4. The SMILES string of the molecule is COc1cc(C=C(C=O)C(C)C)cc(Cl)c1OCC(N)=O. The summed E-state index contributed by atoms with van der Waals surface area (Å²) in [7, 11) is 1.46. The molecule has 0 atom stereocenters. The standard InChI is InChI=1S/C15H18ClNO4/c1-9(2)11(7-18)4-10-5-12(16)15(13(6-10)20-3)21-8-14(17)19/h4-7,9H,8H2,1-3H3,(H2,17,19). The van der Waals surface area contributed by atoms with Gasteiger partial charge in [-0.25, -0.2) is 0 Å². The highest BCUT2D eigenvalue weighted by Gasteiger charge is 2.13. The first-order valence-electron chi connectivity index (χ1n) is 6.34. The van der Waals surface area contributed by atoms with Gasteiger partial charge in [0.1, 0.15) is 6.29 Å². The van der Waals surface area contributed by atoms with Crippen LogP contribution in [0.4, 0.5) is 0 Å². The number of rotatable bonds is 7. The van der Waals surface area contributed by atoms with E-state index in [0.29, 0.717) is 16.9 Å². The molecular formula is C15H18ClNO4. The average Bonchev–Trinajstić information content (AvgIpc) is 2.42. The number of amides is 1. The van der Waals surface area contributed by atoms with Crippen LogP contribution in [-0.2, 0) is 9.59 Å². The molecule has 1 amide bonds. The van der Waals surface area contributed by atoms with E-state index >= 15 is 0 Å². The van der Waals surface area contributed by atoms with Crippen LogP contribution in [0.25, 0.3) is 6.08 Å². The van der Waals surface area contributed by atoms with E-state index in [1.54, 1.807) is 18.2 Å². The summed E-state index contributed by atoms with van der Waals surface area (Å²) in [6.07, 6.45) is 2.53. The molecule has 0 radical (unpaired) electrons. The van der Waals surface area contributed by atoms with Crippen molar-refractivity contribution in [1.82, 2.24) is 0 Å². The summed E-state index contributed by atoms with van der Waals surface area (Å²) in [4.78, 5) is 21.8. The van der Waals surface area contributed by atoms with Crippen molar-refractivity contribution in [1.29, 1.82) is 0 Å². The van der Waals surface area contributed by atoms with Crippen molar-refractivity contribution in [2.24, 2.45) is 11.7 Å². The molecule has 21 heavy (non-hydrogen) atoms. The van der Waals surface area contributed by atoms with Crippen LogP contribution >= 0.6 is 11.6 Å². The van der Waals surface area contributed by atoms with Gasteiger partial charge in [-0.1, -0.05) is 25.4 Å².